The van der Waals surface area contributed by atoms with Crippen LogP contribution in [0.25, 0.3) is 0 Å². The lowest BCUT2D eigenvalue weighted by Gasteiger charge is -2.23. The molecule has 4 nitrogen and oxygen atoms in total. The van der Waals surface area contributed by atoms with Crippen LogP contribution in [0.5, 0.6) is 5.75 Å². The molecule has 108 valence electrons. The normalized spacial score (nSPS) is 14.1. The fourth-order valence-electron chi connectivity index (χ4n) is 2.04. The van der Waals surface area contributed by atoms with Crippen LogP contribution in [-0.4, -0.2) is 15.8 Å². The number of rotatable bonds is 5. The van der Waals surface area contributed by atoms with E-state index in [9.17, 15) is 4.39 Å². The number of hydrogen-bond donors (Lipinski definition) is 1. The van der Waals surface area contributed by atoms with E-state index in [-0.39, 0.29) is 18.0 Å². The minimum atomic E-state index is -0.293. The molecule has 0 amide bonds. The van der Waals surface area contributed by atoms with E-state index in [4.69, 9.17) is 10.5 Å². The van der Waals surface area contributed by atoms with Crippen LogP contribution < -0.4 is 10.5 Å². The smallest absolute Gasteiger partial charge is 0.142 e. The van der Waals surface area contributed by atoms with Gasteiger partial charge in [-0.05, 0) is 37.1 Å². The molecule has 2 atom stereocenters. The first-order chi connectivity index (χ1) is 9.51. The highest BCUT2D eigenvalue weighted by molar-refractivity contribution is 5.30. The minimum Gasteiger partial charge on any atom is -0.484 e. The number of nitrogens with two attached hydrogens (primary N) is 1. The second-order valence-corrected chi connectivity index (χ2v) is 4.97. The SMILES string of the molecule is CCC(N)C(Oc1ccc(F)c(C)c1)c1cnn(C)c1. The van der Waals surface area contributed by atoms with Crippen LogP contribution in [0.1, 0.15) is 30.6 Å². The van der Waals surface area contributed by atoms with Gasteiger partial charge in [-0.15, -0.1) is 0 Å². The highest BCUT2D eigenvalue weighted by Crippen LogP contribution is 2.26. The summed E-state index contributed by atoms with van der Waals surface area (Å²) in [4.78, 5) is 0. The maximum Gasteiger partial charge on any atom is 0.142 e. The summed E-state index contributed by atoms with van der Waals surface area (Å²) in [6.45, 7) is 3.72. The molecule has 0 aliphatic rings. The van der Waals surface area contributed by atoms with Gasteiger partial charge in [-0.1, -0.05) is 6.92 Å². The molecule has 2 aromatic rings. The summed E-state index contributed by atoms with van der Waals surface area (Å²) in [5.74, 6) is 0.372. The Kier molecular flexibility index (Phi) is 4.39. The monoisotopic (exact) mass is 277 g/mol. The average molecular weight is 277 g/mol. The quantitative estimate of drug-likeness (QED) is 0.914. The van der Waals surface area contributed by atoms with Gasteiger partial charge in [0, 0.05) is 24.8 Å². The molecule has 1 heterocycles. The van der Waals surface area contributed by atoms with Gasteiger partial charge in [-0.2, -0.15) is 5.10 Å². The van der Waals surface area contributed by atoms with Crippen LogP contribution in [0, 0.1) is 12.7 Å². The summed E-state index contributed by atoms with van der Waals surface area (Å²) < 4.78 is 21.0. The fourth-order valence-corrected chi connectivity index (χ4v) is 2.04. The van der Waals surface area contributed by atoms with Gasteiger partial charge in [0.05, 0.1) is 6.20 Å². The van der Waals surface area contributed by atoms with Crippen LogP contribution >= 0.6 is 0 Å². The minimum absolute atomic E-state index is 0.149. The summed E-state index contributed by atoms with van der Waals surface area (Å²) in [5.41, 5.74) is 7.61. The second-order valence-electron chi connectivity index (χ2n) is 4.97. The number of halogens is 1. The van der Waals surface area contributed by atoms with Crippen LogP contribution in [0.3, 0.4) is 0 Å². The van der Waals surface area contributed by atoms with Gasteiger partial charge in [0.2, 0.25) is 0 Å². The molecule has 0 saturated carbocycles. The van der Waals surface area contributed by atoms with Crippen molar-refractivity contribution in [1.29, 1.82) is 0 Å². The molecule has 2 unspecified atom stereocenters. The number of ether oxygens (including phenoxy) is 1. The summed E-state index contributed by atoms with van der Waals surface area (Å²) in [7, 11) is 1.85. The van der Waals surface area contributed by atoms with Gasteiger partial charge < -0.3 is 10.5 Å². The third-order valence-electron chi connectivity index (χ3n) is 3.31. The third kappa shape index (κ3) is 3.17. The Morgan fingerprint density at radius 2 is 2.20 bits per heavy atom. The number of benzene rings is 1. The molecule has 1 aromatic heterocycles. The molecule has 0 bridgehead atoms. The lowest BCUT2D eigenvalue weighted by molar-refractivity contribution is 0.170. The largest absolute Gasteiger partial charge is 0.484 e. The van der Waals surface area contributed by atoms with E-state index in [1.54, 1.807) is 29.9 Å². The Hall–Kier alpha value is -1.88. The molecule has 0 fully saturated rings. The Labute approximate surface area is 118 Å². The van der Waals surface area contributed by atoms with Crippen LogP contribution in [0.4, 0.5) is 4.39 Å². The topological polar surface area (TPSA) is 53.1 Å². The standard InChI is InChI=1S/C15H20FN3O/c1-4-14(17)15(11-8-18-19(3)9-11)20-12-5-6-13(16)10(2)7-12/h5-9,14-15H,4,17H2,1-3H3. The molecule has 0 aliphatic carbocycles. The molecule has 0 radical (unpaired) electrons. The first-order valence-corrected chi connectivity index (χ1v) is 6.68. The van der Waals surface area contributed by atoms with Crippen LogP contribution in [0.15, 0.2) is 30.6 Å². The van der Waals surface area contributed by atoms with Gasteiger partial charge in [0.1, 0.15) is 17.7 Å². The van der Waals surface area contributed by atoms with Crippen molar-refractivity contribution in [2.45, 2.75) is 32.4 Å². The summed E-state index contributed by atoms with van der Waals surface area (Å²) in [6.07, 6.45) is 4.12. The fraction of sp³-hybridized carbons (Fsp3) is 0.400. The van der Waals surface area contributed by atoms with E-state index in [0.717, 1.165) is 12.0 Å². The first kappa shape index (κ1) is 14.5. The van der Waals surface area contributed by atoms with Crippen molar-refractivity contribution in [3.63, 3.8) is 0 Å². The molecule has 2 N–H and O–H groups in total. The van der Waals surface area contributed by atoms with E-state index in [1.807, 2.05) is 20.2 Å². The molecule has 5 heteroatoms. The van der Waals surface area contributed by atoms with E-state index in [0.29, 0.717) is 11.3 Å². The van der Waals surface area contributed by atoms with Crippen molar-refractivity contribution in [2.75, 3.05) is 0 Å². The molecular formula is C15H20FN3O. The Morgan fingerprint density at radius 3 is 2.75 bits per heavy atom. The predicted molar refractivity (Wildman–Crippen MR) is 76.0 cm³/mol. The van der Waals surface area contributed by atoms with Gasteiger partial charge in [0.25, 0.3) is 0 Å². The molecule has 0 spiro atoms. The predicted octanol–water partition coefficient (Wildman–Crippen LogP) is 2.73. The van der Waals surface area contributed by atoms with Gasteiger partial charge >= 0.3 is 0 Å². The zero-order valence-electron chi connectivity index (χ0n) is 12.0. The Balaban J connectivity index is 2.25. The molecule has 0 aliphatic heterocycles. The average Bonchev–Trinajstić information content (AvgIpc) is 2.85. The summed E-state index contributed by atoms with van der Waals surface area (Å²) >= 11 is 0. The second kappa shape index (κ2) is 6.05. The molecule has 2 rings (SSSR count). The first-order valence-electron chi connectivity index (χ1n) is 6.68. The van der Waals surface area contributed by atoms with Crippen molar-refractivity contribution in [3.8, 4) is 5.75 Å². The summed E-state index contributed by atoms with van der Waals surface area (Å²) in [5, 5.41) is 4.15. The van der Waals surface area contributed by atoms with Crippen LogP contribution in [-0.2, 0) is 7.05 Å². The third-order valence-corrected chi connectivity index (χ3v) is 3.31. The van der Waals surface area contributed by atoms with Crippen molar-refractivity contribution in [1.82, 2.24) is 9.78 Å². The molecule has 1 aromatic carbocycles. The number of aromatic nitrogens is 2. The lowest BCUT2D eigenvalue weighted by Crippen LogP contribution is -2.31. The van der Waals surface area contributed by atoms with E-state index < -0.39 is 0 Å². The maximum absolute atomic E-state index is 13.3. The number of nitrogens with zero attached hydrogens (tertiary/aromatic N) is 2. The molecular weight excluding hydrogens is 257 g/mol. The van der Waals surface area contributed by atoms with Crippen LogP contribution in [0.2, 0.25) is 0 Å². The van der Waals surface area contributed by atoms with Crippen molar-refractivity contribution >= 4 is 0 Å². The maximum atomic E-state index is 13.3. The zero-order valence-corrected chi connectivity index (χ0v) is 12.0. The zero-order chi connectivity index (χ0) is 14.7. The molecule has 0 saturated heterocycles. The van der Waals surface area contributed by atoms with Crippen molar-refractivity contribution in [2.24, 2.45) is 12.8 Å². The number of aryl methyl sites for hydroxylation is 2. The molecule has 20 heavy (non-hydrogen) atoms. The Morgan fingerprint density at radius 1 is 1.45 bits per heavy atom. The van der Waals surface area contributed by atoms with E-state index in [1.165, 1.54) is 6.07 Å². The van der Waals surface area contributed by atoms with Gasteiger partial charge in [0.15, 0.2) is 0 Å². The van der Waals surface area contributed by atoms with Crippen molar-refractivity contribution < 1.29 is 9.13 Å². The van der Waals surface area contributed by atoms with Gasteiger partial charge in [-0.25, -0.2) is 4.39 Å². The summed E-state index contributed by atoms with van der Waals surface area (Å²) in [6, 6.07) is 4.56. The Bertz CT molecular complexity index is 582. The van der Waals surface area contributed by atoms with E-state index >= 15 is 0 Å². The van der Waals surface area contributed by atoms with Gasteiger partial charge in [-0.3, -0.25) is 4.68 Å². The van der Waals surface area contributed by atoms with E-state index in [2.05, 4.69) is 5.10 Å². The highest BCUT2D eigenvalue weighted by atomic mass is 19.1. The highest BCUT2D eigenvalue weighted by Gasteiger charge is 2.22. The number of hydrogen-bond acceptors (Lipinski definition) is 3. The lowest BCUT2D eigenvalue weighted by atomic mass is 10.0. The van der Waals surface area contributed by atoms with Crippen molar-refractivity contribution in [3.05, 3.63) is 47.5 Å².